The molecule has 0 N–H and O–H groups in total. The summed E-state index contributed by atoms with van der Waals surface area (Å²) in [7, 11) is 0. The zero-order chi connectivity index (χ0) is 10.6. The molecule has 1 atom stereocenters. The summed E-state index contributed by atoms with van der Waals surface area (Å²) in [6.45, 7) is 3.98. The first-order valence-corrected chi connectivity index (χ1v) is 5.94. The molecule has 0 spiro atoms. The second-order valence-electron chi connectivity index (χ2n) is 3.67. The highest BCUT2D eigenvalue weighted by atomic mass is 79.9. The van der Waals surface area contributed by atoms with Gasteiger partial charge in [-0.05, 0) is 37.0 Å². The van der Waals surface area contributed by atoms with Gasteiger partial charge in [-0.15, -0.1) is 0 Å². The maximum atomic E-state index is 13.0. The van der Waals surface area contributed by atoms with Crippen LogP contribution in [0.15, 0.2) is 18.2 Å². The molecule has 0 amide bonds. The third-order valence-electron chi connectivity index (χ3n) is 2.28. The van der Waals surface area contributed by atoms with E-state index >= 15 is 0 Å². The SMILES string of the molecule is CCCC(Br)Cc1ccc(F)c(C)c1. The van der Waals surface area contributed by atoms with Gasteiger partial charge in [0, 0.05) is 4.83 Å². The minimum atomic E-state index is -0.115. The van der Waals surface area contributed by atoms with Crippen LogP contribution >= 0.6 is 15.9 Å². The van der Waals surface area contributed by atoms with Crippen LogP contribution in [0.1, 0.15) is 30.9 Å². The Kier molecular flexibility index (Phi) is 4.59. The van der Waals surface area contributed by atoms with Gasteiger partial charge in [0.05, 0.1) is 0 Å². The molecule has 2 heteroatoms. The first-order valence-electron chi connectivity index (χ1n) is 5.02. The third kappa shape index (κ3) is 3.41. The van der Waals surface area contributed by atoms with Gasteiger partial charge in [-0.2, -0.15) is 0 Å². The first-order chi connectivity index (χ1) is 6.63. The van der Waals surface area contributed by atoms with E-state index in [4.69, 9.17) is 0 Å². The van der Waals surface area contributed by atoms with Gasteiger partial charge in [0.25, 0.3) is 0 Å². The van der Waals surface area contributed by atoms with Crippen LogP contribution in [0.3, 0.4) is 0 Å². The van der Waals surface area contributed by atoms with Crippen LogP contribution in [0, 0.1) is 12.7 Å². The van der Waals surface area contributed by atoms with E-state index in [2.05, 4.69) is 22.9 Å². The van der Waals surface area contributed by atoms with Gasteiger partial charge in [-0.25, -0.2) is 4.39 Å². The number of aryl methyl sites for hydroxylation is 1. The summed E-state index contributed by atoms with van der Waals surface area (Å²) < 4.78 is 13.0. The van der Waals surface area contributed by atoms with Crippen LogP contribution in [-0.2, 0) is 6.42 Å². The zero-order valence-electron chi connectivity index (χ0n) is 8.69. The fourth-order valence-electron chi connectivity index (χ4n) is 1.50. The highest BCUT2D eigenvalue weighted by Crippen LogP contribution is 2.17. The van der Waals surface area contributed by atoms with Gasteiger partial charge in [-0.1, -0.05) is 41.4 Å². The van der Waals surface area contributed by atoms with Gasteiger partial charge in [0.2, 0.25) is 0 Å². The number of halogens is 2. The third-order valence-corrected chi connectivity index (χ3v) is 3.06. The molecule has 0 saturated heterocycles. The first kappa shape index (κ1) is 11.7. The smallest absolute Gasteiger partial charge is 0.126 e. The van der Waals surface area contributed by atoms with E-state index in [1.807, 2.05) is 19.1 Å². The van der Waals surface area contributed by atoms with Crippen molar-refractivity contribution in [2.24, 2.45) is 0 Å². The van der Waals surface area contributed by atoms with Crippen LogP contribution in [-0.4, -0.2) is 4.83 Å². The Morgan fingerprint density at radius 3 is 2.71 bits per heavy atom. The monoisotopic (exact) mass is 258 g/mol. The molecule has 14 heavy (non-hydrogen) atoms. The largest absolute Gasteiger partial charge is 0.207 e. The second kappa shape index (κ2) is 5.50. The van der Waals surface area contributed by atoms with Crippen molar-refractivity contribution < 1.29 is 4.39 Å². The highest BCUT2D eigenvalue weighted by Gasteiger charge is 2.05. The van der Waals surface area contributed by atoms with Crippen molar-refractivity contribution in [1.29, 1.82) is 0 Å². The van der Waals surface area contributed by atoms with Crippen molar-refractivity contribution >= 4 is 15.9 Å². The van der Waals surface area contributed by atoms with E-state index < -0.39 is 0 Å². The molecule has 0 radical (unpaired) electrons. The topological polar surface area (TPSA) is 0 Å². The maximum Gasteiger partial charge on any atom is 0.126 e. The average Bonchev–Trinajstić information content (AvgIpc) is 2.12. The molecule has 0 aromatic heterocycles. The molecule has 0 aliphatic rings. The minimum Gasteiger partial charge on any atom is -0.207 e. The van der Waals surface area contributed by atoms with E-state index in [0.717, 1.165) is 18.4 Å². The van der Waals surface area contributed by atoms with Gasteiger partial charge in [-0.3, -0.25) is 0 Å². The van der Waals surface area contributed by atoms with E-state index in [0.29, 0.717) is 4.83 Å². The summed E-state index contributed by atoms with van der Waals surface area (Å²) in [4.78, 5) is 0.511. The maximum absolute atomic E-state index is 13.0. The van der Waals surface area contributed by atoms with Gasteiger partial charge in [0.1, 0.15) is 5.82 Å². The predicted molar refractivity (Wildman–Crippen MR) is 62.5 cm³/mol. The number of hydrogen-bond acceptors (Lipinski definition) is 0. The molecule has 0 bridgehead atoms. The summed E-state index contributed by atoms with van der Waals surface area (Å²) >= 11 is 3.62. The Morgan fingerprint density at radius 1 is 1.43 bits per heavy atom. The van der Waals surface area contributed by atoms with E-state index in [9.17, 15) is 4.39 Å². The number of rotatable bonds is 4. The van der Waals surface area contributed by atoms with E-state index in [-0.39, 0.29) is 5.82 Å². The molecule has 0 nitrogen and oxygen atoms in total. The summed E-state index contributed by atoms with van der Waals surface area (Å²) in [6.07, 6.45) is 3.32. The normalized spacial score (nSPS) is 12.9. The summed E-state index contributed by atoms with van der Waals surface area (Å²) in [5.41, 5.74) is 1.94. The van der Waals surface area contributed by atoms with E-state index in [1.165, 1.54) is 12.0 Å². The highest BCUT2D eigenvalue weighted by molar-refractivity contribution is 9.09. The fraction of sp³-hybridized carbons (Fsp3) is 0.500. The van der Waals surface area contributed by atoms with Crippen molar-refractivity contribution in [3.8, 4) is 0 Å². The molecule has 0 fully saturated rings. The lowest BCUT2D eigenvalue weighted by molar-refractivity contribution is 0.617. The molecule has 1 rings (SSSR count). The van der Waals surface area contributed by atoms with E-state index in [1.54, 1.807) is 6.07 Å². The van der Waals surface area contributed by atoms with Crippen molar-refractivity contribution in [1.82, 2.24) is 0 Å². The Balaban J connectivity index is 2.63. The quantitative estimate of drug-likeness (QED) is 0.709. The van der Waals surface area contributed by atoms with Crippen molar-refractivity contribution in [3.05, 3.63) is 35.1 Å². The summed E-state index contributed by atoms with van der Waals surface area (Å²) in [5.74, 6) is -0.115. The van der Waals surface area contributed by atoms with Gasteiger partial charge >= 0.3 is 0 Å². The van der Waals surface area contributed by atoms with Crippen LogP contribution in [0.5, 0.6) is 0 Å². The van der Waals surface area contributed by atoms with Crippen LogP contribution < -0.4 is 0 Å². The Labute approximate surface area is 93.7 Å². The zero-order valence-corrected chi connectivity index (χ0v) is 10.3. The molecule has 1 unspecified atom stereocenters. The lowest BCUT2D eigenvalue weighted by Gasteiger charge is -2.09. The Bertz CT molecular complexity index is 296. The molecule has 0 heterocycles. The number of benzene rings is 1. The Hall–Kier alpha value is -0.370. The average molecular weight is 259 g/mol. The molecule has 0 aliphatic heterocycles. The summed E-state index contributed by atoms with van der Waals surface area (Å²) in [6, 6.07) is 5.35. The lowest BCUT2D eigenvalue weighted by atomic mass is 10.0. The van der Waals surface area contributed by atoms with Crippen LogP contribution in [0.25, 0.3) is 0 Å². The molecule has 1 aromatic carbocycles. The minimum absolute atomic E-state index is 0.115. The van der Waals surface area contributed by atoms with Crippen LogP contribution in [0.2, 0.25) is 0 Å². The predicted octanol–water partition coefficient (Wildman–Crippen LogP) is 4.24. The molecule has 1 aromatic rings. The number of alkyl halides is 1. The standard InChI is InChI=1S/C12H16BrF/c1-3-4-11(13)8-10-5-6-12(14)9(2)7-10/h5-7,11H,3-4,8H2,1-2H3. The Morgan fingerprint density at radius 2 is 2.14 bits per heavy atom. The van der Waals surface area contributed by atoms with Crippen molar-refractivity contribution in [2.75, 3.05) is 0 Å². The van der Waals surface area contributed by atoms with Crippen LogP contribution in [0.4, 0.5) is 4.39 Å². The molecular weight excluding hydrogens is 243 g/mol. The van der Waals surface area contributed by atoms with Crippen molar-refractivity contribution in [2.45, 2.75) is 37.9 Å². The second-order valence-corrected chi connectivity index (χ2v) is 4.97. The van der Waals surface area contributed by atoms with Crippen molar-refractivity contribution in [3.63, 3.8) is 0 Å². The molecule has 78 valence electrons. The van der Waals surface area contributed by atoms with Gasteiger partial charge < -0.3 is 0 Å². The molecular formula is C12H16BrF. The number of hydrogen-bond donors (Lipinski definition) is 0. The summed E-state index contributed by atoms with van der Waals surface area (Å²) in [5, 5.41) is 0. The van der Waals surface area contributed by atoms with Gasteiger partial charge in [0.15, 0.2) is 0 Å². The lowest BCUT2D eigenvalue weighted by Crippen LogP contribution is -2.02. The molecule has 0 aliphatic carbocycles. The fourth-order valence-corrected chi connectivity index (χ4v) is 2.34. The molecule has 0 saturated carbocycles.